The highest BCUT2D eigenvalue weighted by Crippen LogP contribution is 2.26. The van der Waals surface area contributed by atoms with Crippen molar-refractivity contribution in [2.45, 2.75) is 64.3 Å². The zero-order valence-electron chi connectivity index (χ0n) is 14.2. The molecule has 1 heterocycles. The third-order valence-corrected chi connectivity index (χ3v) is 7.03. The van der Waals surface area contributed by atoms with Crippen LogP contribution in [0.15, 0.2) is 0 Å². The fraction of sp³-hybridized carbons (Fsp3) is 1.00. The second kappa shape index (κ2) is 5.93. The second-order valence-electron chi connectivity index (χ2n) is 7.54. The number of hydrogen-bond acceptors (Lipinski definition) is 4. The molecule has 0 aromatic rings. The maximum atomic E-state index is 12.0. The number of piperazine rings is 1. The van der Waals surface area contributed by atoms with E-state index >= 15 is 0 Å². The van der Waals surface area contributed by atoms with Crippen LogP contribution in [0, 0.1) is 5.92 Å². The molecule has 20 heavy (non-hydrogen) atoms. The summed E-state index contributed by atoms with van der Waals surface area (Å²) in [5, 5.41) is 3.64. The molecule has 4 nitrogen and oxygen atoms in total. The topological polar surface area (TPSA) is 49.4 Å². The summed E-state index contributed by atoms with van der Waals surface area (Å²) in [7, 11) is -3.06. The lowest BCUT2D eigenvalue weighted by atomic mass is 9.89. The molecule has 0 saturated carbocycles. The predicted octanol–water partition coefficient (Wildman–Crippen LogP) is 1.91. The zero-order chi connectivity index (χ0) is 15.8. The van der Waals surface area contributed by atoms with E-state index in [-0.39, 0.29) is 5.54 Å². The Bertz CT molecular complexity index is 431. The Balaban J connectivity index is 2.96. The molecule has 0 radical (unpaired) electrons. The Morgan fingerprint density at radius 3 is 2.35 bits per heavy atom. The van der Waals surface area contributed by atoms with Gasteiger partial charge in [0.1, 0.15) is 0 Å². The van der Waals surface area contributed by atoms with Gasteiger partial charge in [-0.2, -0.15) is 0 Å². The molecule has 1 rings (SSSR count). The largest absolute Gasteiger partial charge is 0.309 e. The molecule has 2 atom stereocenters. The van der Waals surface area contributed by atoms with E-state index in [4.69, 9.17) is 0 Å². The Morgan fingerprint density at radius 2 is 1.95 bits per heavy atom. The molecule has 0 aliphatic carbocycles. The van der Waals surface area contributed by atoms with Gasteiger partial charge in [0.2, 0.25) is 0 Å². The number of rotatable bonds is 5. The van der Waals surface area contributed by atoms with Crippen molar-refractivity contribution in [2.75, 3.05) is 25.9 Å². The van der Waals surface area contributed by atoms with Crippen molar-refractivity contribution in [3.05, 3.63) is 0 Å². The molecule has 0 aromatic carbocycles. The second-order valence-corrected chi connectivity index (χ2v) is 10.2. The summed E-state index contributed by atoms with van der Waals surface area (Å²) < 4.78 is 23.3. The summed E-state index contributed by atoms with van der Waals surface area (Å²) in [6.07, 6.45) is 2.40. The highest BCUT2D eigenvalue weighted by Gasteiger charge is 2.40. The molecule has 1 aliphatic rings. The van der Waals surface area contributed by atoms with Crippen LogP contribution in [0.4, 0.5) is 0 Å². The number of nitrogens with zero attached hydrogens (tertiary/aromatic N) is 1. The average molecular weight is 305 g/mol. The minimum absolute atomic E-state index is 0.0823. The number of sulfone groups is 1. The minimum Gasteiger partial charge on any atom is -0.309 e. The van der Waals surface area contributed by atoms with Gasteiger partial charge < -0.3 is 5.32 Å². The van der Waals surface area contributed by atoms with E-state index in [1.54, 1.807) is 0 Å². The predicted molar refractivity (Wildman–Crippen MR) is 85.8 cm³/mol. The van der Waals surface area contributed by atoms with Gasteiger partial charge in [-0.1, -0.05) is 20.8 Å². The SMILES string of the molecule is CCC1(C)CN(CC(C)(C)S(C)(=O)=O)C(C(C)C)CN1. The first-order chi connectivity index (χ1) is 8.92. The van der Waals surface area contributed by atoms with Crippen LogP contribution in [0.1, 0.15) is 48.0 Å². The van der Waals surface area contributed by atoms with Gasteiger partial charge in [-0.3, -0.25) is 4.90 Å². The maximum Gasteiger partial charge on any atom is 0.153 e. The van der Waals surface area contributed by atoms with Crippen LogP contribution in [-0.4, -0.2) is 55.5 Å². The summed E-state index contributed by atoms with van der Waals surface area (Å²) in [6, 6.07) is 0.399. The summed E-state index contributed by atoms with van der Waals surface area (Å²) in [4.78, 5) is 2.38. The van der Waals surface area contributed by atoms with Crippen LogP contribution >= 0.6 is 0 Å². The average Bonchev–Trinajstić information content (AvgIpc) is 2.26. The standard InChI is InChI=1S/C15H32N2O2S/c1-8-15(6)11-17(13(9-16-15)12(2)3)10-14(4,5)20(7,18)19/h12-13,16H,8-11H2,1-7H3. The molecular formula is C15H32N2O2S. The third kappa shape index (κ3) is 3.95. The van der Waals surface area contributed by atoms with Gasteiger partial charge in [0.15, 0.2) is 9.84 Å². The highest BCUT2D eigenvalue weighted by atomic mass is 32.2. The van der Waals surface area contributed by atoms with Crippen molar-refractivity contribution in [3.8, 4) is 0 Å². The van der Waals surface area contributed by atoms with E-state index in [1.807, 2.05) is 13.8 Å². The third-order valence-electron chi connectivity index (χ3n) is 4.90. The lowest BCUT2D eigenvalue weighted by Gasteiger charge is -2.49. The molecule has 0 aromatic heterocycles. The first-order valence-electron chi connectivity index (χ1n) is 7.60. The quantitative estimate of drug-likeness (QED) is 0.843. The number of hydrogen-bond donors (Lipinski definition) is 1. The summed E-state index contributed by atoms with van der Waals surface area (Å²) in [5.41, 5.74) is 0.0823. The van der Waals surface area contributed by atoms with Crippen LogP contribution in [0.3, 0.4) is 0 Å². The van der Waals surface area contributed by atoms with Crippen LogP contribution in [0.2, 0.25) is 0 Å². The smallest absolute Gasteiger partial charge is 0.153 e. The number of nitrogens with one attached hydrogen (secondary N) is 1. The molecule has 1 saturated heterocycles. The van der Waals surface area contributed by atoms with Gasteiger partial charge in [0, 0.05) is 37.5 Å². The van der Waals surface area contributed by atoms with Crippen LogP contribution < -0.4 is 5.32 Å². The maximum absolute atomic E-state index is 12.0. The van der Waals surface area contributed by atoms with Crippen molar-refractivity contribution in [3.63, 3.8) is 0 Å². The first-order valence-corrected chi connectivity index (χ1v) is 9.50. The summed E-state index contributed by atoms with van der Waals surface area (Å²) in [6.45, 7) is 14.9. The molecule has 1 aliphatic heterocycles. The minimum atomic E-state index is -3.06. The van der Waals surface area contributed by atoms with E-state index in [1.165, 1.54) is 6.26 Å². The van der Waals surface area contributed by atoms with Gasteiger partial charge >= 0.3 is 0 Å². The lowest BCUT2D eigenvalue weighted by Crippen LogP contribution is -2.66. The van der Waals surface area contributed by atoms with Crippen molar-refractivity contribution in [1.29, 1.82) is 0 Å². The van der Waals surface area contributed by atoms with Crippen LogP contribution in [-0.2, 0) is 9.84 Å². The van der Waals surface area contributed by atoms with Crippen molar-refractivity contribution in [1.82, 2.24) is 10.2 Å². The van der Waals surface area contributed by atoms with E-state index in [0.717, 1.165) is 19.5 Å². The molecule has 120 valence electrons. The molecule has 5 heteroatoms. The van der Waals surface area contributed by atoms with Gasteiger partial charge in [-0.15, -0.1) is 0 Å². The van der Waals surface area contributed by atoms with Crippen molar-refractivity contribution in [2.24, 2.45) is 5.92 Å². The fourth-order valence-corrected chi connectivity index (χ4v) is 3.18. The van der Waals surface area contributed by atoms with E-state index < -0.39 is 14.6 Å². The molecule has 2 unspecified atom stereocenters. The van der Waals surface area contributed by atoms with E-state index in [2.05, 4.69) is 37.9 Å². The summed E-state index contributed by atoms with van der Waals surface area (Å²) in [5.74, 6) is 0.513. The Labute approximate surface area is 125 Å². The summed E-state index contributed by atoms with van der Waals surface area (Å²) >= 11 is 0. The van der Waals surface area contributed by atoms with E-state index in [0.29, 0.717) is 18.5 Å². The normalized spacial score (nSPS) is 29.9. The Kier molecular flexibility index (Phi) is 5.32. The fourth-order valence-electron chi connectivity index (χ4n) is 2.78. The Hall–Kier alpha value is -0.130. The van der Waals surface area contributed by atoms with Gasteiger partial charge in [-0.25, -0.2) is 8.42 Å². The molecule has 0 spiro atoms. The molecule has 0 bridgehead atoms. The lowest BCUT2D eigenvalue weighted by molar-refractivity contribution is 0.0540. The first kappa shape index (κ1) is 17.9. The molecular weight excluding hydrogens is 272 g/mol. The molecule has 1 N–H and O–H groups in total. The van der Waals surface area contributed by atoms with Crippen LogP contribution in [0.5, 0.6) is 0 Å². The molecule has 0 amide bonds. The Morgan fingerprint density at radius 1 is 1.40 bits per heavy atom. The van der Waals surface area contributed by atoms with Crippen molar-refractivity contribution < 1.29 is 8.42 Å². The highest BCUT2D eigenvalue weighted by molar-refractivity contribution is 7.92. The zero-order valence-corrected chi connectivity index (χ0v) is 15.0. The van der Waals surface area contributed by atoms with E-state index in [9.17, 15) is 8.42 Å². The monoisotopic (exact) mass is 304 g/mol. The van der Waals surface area contributed by atoms with Gasteiger partial charge in [-0.05, 0) is 33.1 Å². The van der Waals surface area contributed by atoms with Gasteiger partial charge in [0.05, 0.1) is 4.75 Å². The van der Waals surface area contributed by atoms with Crippen LogP contribution in [0.25, 0.3) is 0 Å². The van der Waals surface area contributed by atoms with Crippen molar-refractivity contribution >= 4 is 9.84 Å². The molecule has 1 fully saturated rings. The van der Waals surface area contributed by atoms with Gasteiger partial charge in [0.25, 0.3) is 0 Å².